The third-order valence-corrected chi connectivity index (χ3v) is 6.57. The van der Waals surface area contributed by atoms with E-state index in [-0.39, 0.29) is 25.1 Å². The third kappa shape index (κ3) is 4.05. The molecule has 1 aliphatic carbocycles. The van der Waals surface area contributed by atoms with Crippen molar-refractivity contribution in [3.63, 3.8) is 0 Å². The van der Waals surface area contributed by atoms with Crippen molar-refractivity contribution >= 4 is 17.7 Å². The molecule has 2 aromatic carbocycles. The fourth-order valence-corrected chi connectivity index (χ4v) is 4.94. The number of rotatable bonds is 3. The largest absolute Gasteiger partial charge is 0.490 e. The van der Waals surface area contributed by atoms with Gasteiger partial charge in [0.25, 0.3) is 0 Å². The van der Waals surface area contributed by atoms with Crippen LogP contribution < -0.4 is 4.74 Å². The van der Waals surface area contributed by atoms with E-state index in [1.807, 2.05) is 34.9 Å². The standard InChI is InChI=1S/C24H25ClN4O3/c1-15-3-2-4-20(11-15)32-19-8-5-16(6-9-19)23-27-26-22-14-28(24(30)31)13-17-12-18(25)7-10-21(17)29(22)23/h2-4,7,10-12,16,19H,5-6,8-9,13-14H2,1H3,(H,30,31). The van der Waals surface area contributed by atoms with E-state index in [1.165, 1.54) is 10.5 Å². The summed E-state index contributed by atoms with van der Waals surface area (Å²) in [6, 6.07) is 13.8. The van der Waals surface area contributed by atoms with Gasteiger partial charge in [-0.3, -0.25) is 9.47 Å². The van der Waals surface area contributed by atoms with Gasteiger partial charge < -0.3 is 9.84 Å². The highest BCUT2D eigenvalue weighted by molar-refractivity contribution is 6.30. The van der Waals surface area contributed by atoms with Gasteiger partial charge in [-0.05, 0) is 74.1 Å². The van der Waals surface area contributed by atoms with Crippen molar-refractivity contribution in [1.82, 2.24) is 19.7 Å². The molecule has 1 aromatic heterocycles. The lowest BCUT2D eigenvalue weighted by Gasteiger charge is -2.29. The number of hydrogen-bond donors (Lipinski definition) is 1. The maximum absolute atomic E-state index is 11.7. The highest BCUT2D eigenvalue weighted by Crippen LogP contribution is 2.37. The zero-order chi connectivity index (χ0) is 22.2. The number of carbonyl (C=O) groups is 1. The molecule has 1 fully saturated rings. The van der Waals surface area contributed by atoms with Crippen LogP contribution in [0.3, 0.4) is 0 Å². The minimum absolute atomic E-state index is 0.188. The Bertz CT molecular complexity index is 1150. The first-order valence-corrected chi connectivity index (χ1v) is 11.3. The van der Waals surface area contributed by atoms with Gasteiger partial charge in [-0.15, -0.1) is 10.2 Å². The molecule has 3 aromatic rings. The summed E-state index contributed by atoms with van der Waals surface area (Å²) in [4.78, 5) is 13.1. The summed E-state index contributed by atoms with van der Waals surface area (Å²) in [6.07, 6.45) is 2.97. The molecule has 0 atom stereocenters. The van der Waals surface area contributed by atoms with Crippen LogP contribution in [0.5, 0.6) is 5.75 Å². The second-order valence-electron chi connectivity index (χ2n) is 8.63. The first-order chi connectivity index (χ1) is 15.5. The van der Waals surface area contributed by atoms with Crippen LogP contribution in [0.1, 0.15) is 54.4 Å². The molecule has 2 heterocycles. The number of halogens is 1. The lowest BCUT2D eigenvalue weighted by Crippen LogP contribution is -2.28. The maximum atomic E-state index is 11.7. The first kappa shape index (κ1) is 20.8. The number of fused-ring (bicyclic) bond motifs is 3. The summed E-state index contributed by atoms with van der Waals surface area (Å²) < 4.78 is 8.26. The molecule has 0 unspecified atom stereocenters. The van der Waals surface area contributed by atoms with E-state index in [9.17, 15) is 9.90 Å². The second kappa shape index (κ2) is 8.47. The number of nitrogens with zero attached hydrogens (tertiary/aromatic N) is 4. The van der Waals surface area contributed by atoms with E-state index in [0.717, 1.165) is 48.5 Å². The van der Waals surface area contributed by atoms with Crippen molar-refractivity contribution in [3.8, 4) is 11.4 Å². The van der Waals surface area contributed by atoms with Crippen LogP contribution in [0.2, 0.25) is 5.02 Å². The van der Waals surface area contributed by atoms with Gasteiger partial charge in [-0.25, -0.2) is 4.79 Å². The SMILES string of the molecule is Cc1cccc(OC2CCC(c3nnc4n3-c3ccc(Cl)cc3CN(C(=O)O)C4)CC2)c1. The number of hydrogen-bond acceptors (Lipinski definition) is 4. The van der Waals surface area contributed by atoms with Crippen molar-refractivity contribution in [3.05, 3.63) is 70.3 Å². The summed E-state index contributed by atoms with van der Waals surface area (Å²) in [5.74, 6) is 2.70. The molecule has 2 aliphatic rings. The minimum Gasteiger partial charge on any atom is -0.490 e. The Morgan fingerprint density at radius 1 is 1.09 bits per heavy atom. The Morgan fingerprint density at radius 3 is 2.66 bits per heavy atom. The van der Waals surface area contributed by atoms with E-state index in [2.05, 4.69) is 29.3 Å². The van der Waals surface area contributed by atoms with Crippen molar-refractivity contribution in [2.24, 2.45) is 0 Å². The van der Waals surface area contributed by atoms with Gasteiger partial charge in [0.1, 0.15) is 11.6 Å². The number of benzene rings is 2. The molecule has 8 heteroatoms. The van der Waals surface area contributed by atoms with Crippen LogP contribution in [-0.4, -0.2) is 37.0 Å². The van der Waals surface area contributed by atoms with Gasteiger partial charge in [0.05, 0.1) is 24.9 Å². The molecule has 32 heavy (non-hydrogen) atoms. The lowest BCUT2D eigenvalue weighted by atomic mass is 9.86. The van der Waals surface area contributed by atoms with Crippen LogP contribution in [-0.2, 0) is 13.1 Å². The monoisotopic (exact) mass is 452 g/mol. The van der Waals surface area contributed by atoms with Crippen LogP contribution in [0.4, 0.5) is 4.79 Å². The van der Waals surface area contributed by atoms with Gasteiger partial charge in [0.15, 0.2) is 5.82 Å². The molecular formula is C24H25ClN4O3. The average molecular weight is 453 g/mol. The van der Waals surface area contributed by atoms with Gasteiger partial charge in [0.2, 0.25) is 0 Å². The van der Waals surface area contributed by atoms with E-state index < -0.39 is 6.09 Å². The molecule has 1 N–H and O–H groups in total. The molecule has 1 amide bonds. The maximum Gasteiger partial charge on any atom is 0.408 e. The van der Waals surface area contributed by atoms with Crippen LogP contribution in [0.15, 0.2) is 42.5 Å². The molecule has 0 radical (unpaired) electrons. The predicted octanol–water partition coefficient (Wildman–Crippen LogP) is 5.33. The van der Waals surface area contributed by atoms with E-state index in [4.69, 9.17) is 16.3 Å². The topological polar surface area (TPSA) is 80.5 Å². The van der Waals surface area contributed by atoms with Gasteiger partial charge in [0, 0.05) is 10.9 Å². The quantitative estimate of drug-likeness (QED) is 0.581. The van der Waals surface area contributed by atoms with Crippen LogP contribution in [0, 0.1) is 6.92 Å². The van der Waals surface area contributed by atoms with E-state index in [1.54, 1.807) is 0 Å². The zero-order valence-corrected chi connectivity index (χ0v) is 18.6. The molecule has 166 valence electrons. The molecule has 0 spiro atoms. The highest BCUT2D eigenvalue weighted by Gasteiger charge is 2.32. The van der Waals surface area contributed by atoms with Crippen molar-refractivity contribution in [1.29, 1.82) is 0 Å². The minimum atomic E-state index is -0.984. The molecule has 0 bridgehead atoms. The number of carboxylic acid groups (broad SMARTS) is 1. The Balaban J connectivity index is 1.39. The van der Waals surface area contributed by atoms with Gasteiger partial charge >= 0.3 is 6.09 Å². The van der Waals surface area contributed by atoms with Crippen molar-refractivity contribution in [2.75, 3.05) is 0 Å². The summed E-state index contributed by atoms with van der Waals surface area (Å²) in [5, 5.41) is 19.1. The van der Waals surface area contributed by atoms with Gasteiger partial charge in [-0.2, -0.15) is 0 Å². The summed E-state index contributed by atoms with van der Waals surface area (Å²) >= 11 is 6.22. The Labute approximate surface area is 191 Å². The molecule has 1 saturated carbocycles. The Hall–Kier alpha value is -3.06. The molecule has 1 aliphatic heterocycles. The molecule has 0 saturated heterocycles. The van der Waals surface area contributed by atoms with Crippen LogP contribution in [0.25, 0.3) is 5.69 Å². The Kier molecular flexibility index (Phi) is 5.51. The first-order valence-electron chi connectivity index (χ1n) is 10.9. The normalized spacial score (nSPS) is 20.2. The smallest absolute Gasteiger partial charge is 0.408 e. The highest BCUT2D eigenvalue weighted by atomic mass is 35.5. The fourth-order valence-electron chi connectivity index (χ4n) is 4.75. The van der Waals surface area contributed by atoms with Gasteiger partial charge in [-0.1, -0.05) is 23.7 Å². The summed E-state index contributed by atoms with van der Waals surface area (Å²) in [6.45, 7) is 2.53. The fraction of sp³-hybridized carbons (Fsp3) is 0.375. The average Bonchev–Trinajstić information content (AvgIpc) is 3.10. The molecule has 5 rings (SSSR count). The molecule has 7 nitrogen and oxygen atoms in total. The van der Waals surface area contributed by atoms with Crippen molar-refractivity contribution in [2.45, 2.75) is 57.7 Å². The zero-order valence-electron chi connectivity index (χ0n) is 17.9. The third-order valence-electron chi connectivity index (χ3n) is 6.33. The van der Waals surface area contributed by atoms with E-state index >= 15 is 0 Å². The molecular weight excluding hydrogens is 428 g/mol. The summed E-state index contributed by atoms with van der Waals surface area (Å²) in [7, 11) is 0. The Morgan fingerprint density at radius 2 is 1.91 bits per heavy atom. The van der Waals surface area contributed by atoms with Crippen LogP contribution >= 0.6 is 11.6 Å². The summed E-state index contributed by atoms with van der Waals surface area (Å²) in [5.41, 5.74) is 2.96. The lowest BCUT2D eigenvalue weighted by molar-refractivity contribution is 0.138. The second-order valence-corrected chi connectivity index (χ2v) is 9.07. The van der Waals surface area contributed by atoms with E-state index in [0.29, 0.717) is 10.8 Å². The van der Waals surface area contributed by atoms with Crippen molar-refractivity contribution < 1.29 is 14.6 Å². The predicted molar refractivity (Wildman–Crippen MR) is 120 cm³/mol. The number of aromatic nitrogens is 3. The number of aryl methyl sites for hydroxylation is 1. The number of amides is 1. The number of ether oxygens (including phenoxy) is 1.